The molecule has 3 nitrogen and oxygen atoms in total. The second-order valence-corrected chi connectivity index (χ2v) is 10.8. The van der Waals surface area contributed by atoms with Gasteiger partial charge in [0.15, 0.2) is 0 Å². The van der Waals surface area contributed by atoms with Gasteiger partial charge in [0.1, 0.15) is 12.4 Å². The first-order valence-electron chi connectivity index (χ1n) is 15.2. The summed E-state index contributed by atoms with van der Waals surface area (Å²) >= 11 is 0. The first-order valence-corrected chi connectivity index (χ1v) is 15.2. The van der Waals surface area contributed by atoms with Crippen LogP contribution in [0.25, 0.3) is 11.1 Å². The Morgan fingerprint density at radius 2 is 1.18 bits per heavy atom. The van der Waals surface area contributed by atoms with Crippen molar-refractivity contribution in [1.82, 2.24) is 0 Å². The molecule has 0 amide bonds. The summed E-state index contributed by atoms with van der Waals surface area (Å²) in [6.07, 6.45) is 14.8. The third-order valence-electron chi connectivity index (χ3n) is 7.33. The number of rotatable bonds is 18. The fourth-order valence-corrected chi connectivity index (χ4v) is 4.79. The Morgan fingerprint density at radius 1 is 0.641 bits per heavy atom. The highest BCUT2D eigenvalue weighted by atomic mass is 16.5. The molecule has 0 saturated carbocycles. The second-order valence-electron chi connectivity index (χ2n) is 10.8. The fourth-order valence-electron chi connectivity index (χ4n) is 4.79. The lowest BCUT2D eigenvalue weighted by molar-refractivity contribution is 0.0319. The van der Waals surface area contributed by atoms with E-state index in [1.165, 1.54) is 80.9 Å². The maximum atomic E-state index is 12.4. The molecule has 0 N–H and O–H groups in total. The summed E-state index contributed by atoms with van der Waals surface area (Å²) in [5, 5.41) is 0. The predicted molar refractivity (Wildman–Crippen MR) is 163 cm³/mol. The van der Waals surface area contributed by atoms with Crippen LogP contribution in [0.1, 0.15) is 113 Å². The van der Waals surface area contributed by atoms with Crippen LogP contribution in [-0.4, -0.2) is 12.1 Å². The summed E-state index contributed by atoms with van der Waals surface area (Å²) in [7, 11) is 0. The molecule has 3 heteroatoms. The van der Waals surface area contributed by atoms with Gasteiger partial charge in [-0.2, -0.15) is 0 Å². The Balaban J connectivity index is 1.41. The summed E-state index contributed by atoms with van der Waals surface area (Å²) < 4.78 is 11.6. The van der Waals surface area contributed by atoms with Crippen molar-refractivity contribution in [2.45, 2.75) is 111 Å². The topological polar surface area (TPSA) is 35.5 Å². The molecule has 0 aliphatic rings. The average Bonchev–Trinajstić information content (AvgIpc) is 2.97. The molecule has 0 aliphatic carbocycles. The van der Waals surface area contributed by atoms with Gasteiger partial charge in [0.05, 0.1) is 11.7 Å². The number of ether oxygens (including phenoxy) is 2. The van der Waals surface area contributed by atoms with Crippen LogP contribution in [0.2, 0.25) is 0 Å². The molecular formula is C36H48O3. The third kappa shape index (κ3) is 11.3. The standard InChI is InChI=1S/C36H48O3/c1-4-6-8-10-11-13-15-30-16-20-32(21-17-30)33-24-26-35(27-25-33)38-28-31-18-22-34(23-19-31)36(37)39-29(3)14-12-9-7-5-2/h16-27,29H,4-15,28H2,1-3H3. The Labute approximate surface area is 237 Å². The highest BCUT2D eigenvalue weighted by molar-refractivity contribution is 5.89. The number of unbranched alkanes of at least 4 members (excludes halogenated alkanes) is 8. The number of carbonyl (C=O) groups excluding carboxylic acids is 1. The van der Waals surface area contributed by atoms with Crippen molar-refractivity contribution in [3.8, 4) is 16.9 Å². The van der Waals surface area contributed by atoms with E-state index in [2.05, 4.69) is 50.2 Å². The smallest absolute Gasteiger partial charge is 0.338 e. The minimum Gasteiger partial charge on any atom is -0.489 e. The van der Waals surface area contributed by atoms with Gasteiger partial charge in [-0.15, -0.1) is 0 Å². The van der Waals surface area contributed by atoms with E-state index in [1.54, 1.807) is 0 Å². The largest absolute Gasteiger partial charge is 0.489 e. The number of hydrogen-bond acceptors (Lipinski definition) is 3. The summed E-state index contributed by atoms with van der Waals surface area (Å²) in [5.41, 5.74) is 5.44. The minimum atomic E-state index is -0.253. The molecule has 210 valence electrons. The van der Waals surface area contributed by atoms with E-state index in [9.17, 15) is 4.79 Å². The van der Waals surface area contributed by atoms with E-state index in [-0.39, 0.29) is 12.1 Å². The van der Waals surface area contributed by atoms with Crippen LogP contribution in [0.4, 0.5) is 0 Å². The Hall–Kier alpha value is -3.07. The highest BCUT2D eigenvalue weighted by Gasteiger charge is 2.12. The predicted octanol–water partition coefficient (Wildman–Crippen LogP) is 10.4. The van der Waals surface area contributed by atoms with Crippen molar-refractivity contribution in [3.05, 3.63) is 89.5 Å². The van der Waals surface area contributed by atoms with Crippen molar-refractivity contribution in [3.63, 3.8) is 0 Å². The summed E-state index contributed by atoms with van der Waals surface area (Å²) in [4.78, 5) is 12.4. The molecule has 0 fully saturated rings. The van der Waals surface area contributed by atoms with Gasteiger partial charge in [0.25, 0.3) is 0 Å². The van der Waals surface area contributed by atoms with Crippen molar-refractivity contribution < 1.29 is 14.3 Å². The first-order chi connectivity index (χ1) is 19.1. The van der Waals surface area contributed by atoms with Gasteiger partial charge in [0.2, 0.25) is 0 Å². The summed E-state index contributed by atoms with van der Waals surface area (Å²) in [6.45, 7) is 6.89. The van der Waals surface area contributed by atoms with Crippen molar-refractivity contribution >= 4 is 5.97 Å². The Kier molecular flexibility index (Phi) is 13.7. The molecular weight excluding hydrogens is 480 g/mol. The van der Waals surface area contributed by atoms with Gasteiger partial charge in [-0.1, -0.05) is 114 Å². The van der Waals surface area contributed by atoms with E-state index in [0.29, 0.717) is 12.2 Å². The summed E-state index contributed by atoms with van der Waals surface area (Å²) in [5.74, 6) is 0.579. The zero-order valence-corrected chi connectivity index (χ0v) is 24.4. The number of esters is 1. The van der Waals surface area contributed by atoms with Gasteiger partial charge in [-0.25, -0.2) is 4.79 Å². The van der Waals surface area contributed by atoms with Gasteiger partial charge in [0, 0.05) is 0 Å². The summed E-state index contributed by atoms with van der Waals surface area (Å²) in [6, 6.07) is 24.8. The van der Waals surface area contributed by atoms with Crippen LogP contribution < -0.4 is 4.74 Å². The van der Waals surface area contributed by atoms with E-state index in [4.69, 9.17) is 9.47 Å². The van der Waals surface area contributed by atoms with Gasteiger partial charge < -0.3 is 9.47 Å². The molecule has 0 aliphatic heterocycles. The number of benzene rings is 3. The third-order valence-corrected chi connectivity index (χ3v) is 7.33. The monoisotopic (exact) mass is 528 g/mol. The molecule has 0 saturated heterocycles. The zero-order chi connectivity index (χ0) is 27.7. The van der Waals surface area contributed by atoms with E-state index in [1.807, 2.05) is 43.3 Å². The highest BCUT2D eigenvalue weighted by Crippen LogP contribution is 2.24. The van der Waals surface area contributed by atoms with Crippen molar-refractivity contribution in [2.75, 3.05) is 0 Å². The van der Waals surface area contributed by atoms with Crippen LogP contribution >= 0.6 is 0 Å². The molecule has 0 heterocycles. The van der Waals surface area contributed by atoms with Crippen LogP contribution in [0.3, 0.4) is 0 Å². The normalized spacial score (nSPS) is 11.8. The number of aryl methyl sites for hydroxylation is 1. The molecule has 1 unspecified atom stereocenters. The lowest BCUT2D eigenvalue weighted by Gasteiger charge is -2.13. The van der Waals surface area contributed by atoms with Gasteiger partial charge in [-0.05, 0) is 79.1 Å². The van der Waals surface area contributed by atoms with Crippen LogP contribution in [0.15, 0.2) is 72.8 Å². The van der Waals surface area contributed by atoms with E-state index in [0.717, 1.165) is 24.2 Å². The molecule has 3 aromatic rings. The SMILES string of the molecule is CCCCCCCCc1ccc(-c2ccc(OCc3ccc(C(=O)OC(C)CCCCCC)cc3)cc2)cc1. The fraction of sp³-hybridized carbons (Fsp3) is 0.472. The lowest BCUT2D eigenvalue weighted by Crippen LogP contribution is -2.15. The average molecular weight is 529 g/mol. The minimum absolute atomic E-state index is 0.0524. The van der Waals surface area contributed by atoms with Crippen molar-refractivity contribution in [2.24, 2.45) is 0 Å². The number of hydrogen-bond donors (Lipinski definition) is 0. The van der Waals surface area contributed by atoms with E-state index < -0.39 is 0 Å². The van der Waals surface area contributed by atoms with E-state index >= 15 is 0 Å². The molecule has 0 aromatic heterocycles. The van der Waals surface area contributed by atoms with Gasteiger partial charge in [-0.3, -0.25) is 0 Å². The molecule has 0 radical (unpaired) electrons. The van der Waals surface area contributed by atoms with Crippen molar-refractivity contribution in [1.29, 1.82) is 0 Å². The van der Waals surface area contributed by atoms with Crippen LogP contribution in [-0.2, 0) is 17.8 Å². The van der Waals surface area contributed by atoms with Crippen LogP contribution in [0, 0.1) is 0 Å². The molecule has 0 bridgehead atoms. The lowest BCUT2D eigenvalue weighted by atomic mass is 10.0. The van der Waals surface area contributed by atoms with Gasteiger partial charge >= 0.3 is 5.97 Å². The number of carbonyl (C=O) groups is 1. The quantitative estimate of drug-likeness (QED) is 0.122. The Bertz CT molecular complexity index is 1070. The molecule has 39 heavy (non-hydrogen) atoms. The first kappa shape index (κ1) is 30.5. The second kappa shape index (κ2) is 17.5. The molecule has 1 atom stereocenters. The maximum Gasteiger partial charge on any atom is 0.338 e. The molecule has 3 rings (SSSR count). The maximum absolute atomic E-state index is 12.4. The Morgan fingerprint density at radius 3 is 1.82 bits per heavy atom. The molecule has 0 spiro atoms. The van der Waals surface area contributed by atoms with Crippen LogP contribution in [0.5, 0.6) is 5.75 Å². The zero-order valence-electron chi connectivity index (χ0n) is 24.4. The molecule has 3 aromatic carbocycles.